The van der Waals surface area contributed by atoms with Gasteiger partial charge in [-0.05, 0) is 43.3 Å². The Kier molecular flexibility index (Phi) is 5.32. The second-order valence-corrected chi connectivity index (χ2v) is 4.62. The Morgan fingerprint density at radius 2 is 1.95 bits per heavy atom. The lowest BCUT2D eigenvalue weighted by Crippen LogP contribution is -2.33. The van der Waals surface area contributed by atoms with Gasteiger partial charge in [0.1, 0.15) is 0 Å². The molecule has 0 radical (unpaired) electrons. The monoisotopic (exact) mass is 302 g/mol. The number of benzene rings is 1. The molecule has 0 aliphatic rings. The summed E-state index contributed by atoms with van der Waals surface area (Å²) < 4.78 is 5.01. The number of hydrogen-bond acceptors (Lipinski definition) is 4. The van der Waals surface area contributed by atoms with Gasteiger partial charge in [-0.25, -0.2) is 0 Å². The van der Waals surface area contributed by atoms with E-state index < -0.39 is 0 Å². The molecule has 1 aromatic heterocycles. The number of likely N-dealkylation sites (N-methyl/N-ethyl adjacent to an activating group) is 1. The standard InChI is InChI=1S/C16H18N2O4/c1-2-18(9-10-19)16(21)12-5-7-13(8-6-12)17-15(20)14-4-3-11-22-14/h3-8,11,19H,2,9-10H2,1H3,(H,17,20). The van der Waals surface area contributed by atoms with Crippen molar-refractivity contribution in [3.05, 3.63) is 54.0 Å². The van der Waals surface area contributed by atoms with Gasteiger partial charge in [0.2, 0.25) is 0 Å². The lowest BCUT2D eigenvalue weighted by atomic mass is 10.1. The molecule has 6 heteroatoms. The van der Waals surface area contributed by atoms with Crippen molar-refractivity contribution < 1.29 is 19.1 Å². The van der Waals surface area contributed by atoms with Crippen molar-refractivity contribution in [1.82, 2.24) is 4.90 Å². The average Bonchev–Trinajstić information content (AvgIpc) is 3.07. The highest BCUT2D eigenvalue weighted by atomic mass is 16.3. The van der Waals surface area contributed by atoms with Crippen molar-refractivity contribution in [2.75, 3.05) is 25.0 Å². The van der Waals surface area contributed by atoms with Crippen LogP contribution in [0.25, 0.3) is 0 Å². The van der Waals surface area contributed by atoms with Gasteiger partial charge < -0.3 is 19.7 Å². The third-order valence-corrected chi connectivity index (χ3v) is 3.17. The zero-order chi connectivity index (χ0) is 15.9. The first-order valence-electron chi connectivity index (χ1n) is 7.00. The molecule has 0 saturated heterocycles. The van der Waals surface area contributed by atoms with Crippen LogP contribution in [0.2, 0.25) is 0 Å². The first-order chi connectivity index (χ1) is 10.7. The molecule has 0 spiro atoms. The molecule has 0 bridgehead atoms. The molecule has 2 aromatic rings. The second-order valence-electron chi connectivity index (χ2n) is 4.62. The number of amides is 2. The molecule has 0 fully saturated rings. The van der Waals surface area contributed by atoms with Crippen molar-refractivity contribution in [2.24, 2.45) is 0 Å². The highest BCUT2D eigenvalue weighted by Crippen LogP contribution is 2.13. The summed E-state index contributed by atoms with van der Waals surface area (Å²) in [5.74, 6) is -0.278. The number of aliphatic hydroxyl groups is 1. The molecule has 6 nitrogen and oxygen atoms in total. The van der Waals surface area contributed by atoms with E-state index in [1.165, 1.54) is 6.26 Å². The molecule has 0 aliphatic carbocycles. The summed E-state index contributed by atoms with van der Waals surface area (Å²) in [5, 5.41) is 11.6. The maximum Gasteiger partial charge on any atom is 0.291 e. The summed E-state index contributed by atoms with van der Waals surface area (Å²) in [4.78, 5) is 25.6. The van der Waals surface area contributed by atoms with Crippen LogP contribution in [-0.2, 0) is 0 Å². The van der Waals surface area contributed by atoms with Gasteiger partial charge in [0, 0.05) is 24.3 Å². The Bertz CT molecular complexity index is 620. The normalized spacial score (nSPS) is 10.3. The fourth-order valence-electron chi connectivity index (χ4n) is 2.00. The van der Waals surface area contributed by atoms with E-state index in [4.69, 9.17) is 9.52 Å². The van der Waals surface area contributed by atoms with Gasteiger partial charge in [-0.15, -0.1) is 0 Å². The Morgan fingerprint density at radius 1 is 1.23 bits per heavy atom. The van der Waals surface area contributed by atoms with Crippen LogP contribution in [0.5, 0.6) is 0 Å². The molecule has 0 saturated carbocycles. The SMILES string of the molecule is CCN(CCO)C(=O)c1ccc(NC(=O)c2ccco2)cc1. The van der Waals surface area contributed by atoms with E-state index in [0.717, 1.165) is 0 Å². The second kappa shape index (κ2) is 7.42. The average molecular weight is 302 g/mol. The molecule has 0 aliphatic heterocycles. The molecule has 0 unspecified atom stereocenters. The van der Waals surface area contributed by atoms with Crippen LogP contribution in [-0.4, -0.2) is 41.5 Å². The fraction of sp³-hybridized carbons (Fsp3) is 0.250. The maximum absolute atomic E-state index is 12.2. The maximum atomic E-state index is 12.2. The lowest BCUT2D eigenvalue weighted by molar-refractivity contribution is 0.0732. The summed E-state index contributed by atoms with van der Waals surface area (Å²) in [6, 6.07) is 9.79. The summed E-state index contributed by atoms with van der Waals surface area (Å²) in [6.45, 7) is 2.60. The highest BCUT2D eigenvalue weighted by Gasteiger charge is 2.14. The van der Waals surface area contributed by atoms with Gasteiger partial charge in [-0.3, -0.25) is 9.59 Å². The Morgan fingerprint density at radius 3 is 2.50 bits per heavy atom. The zero-order valence-electron chi connectivity index (χ0n) is 12.3. The van der Waals surface area contributed by atoms with Crippen LogP contribution in [0.15, 0.2) is 47.1 Å². The molecule has 22 heavy (non-hydrogen) atoms. The third-order valence-electron chi connectivity index (χ3n) is 3.17. The van der Waals surface area contributed by atoms with Gasteiger partial charge in [0.25, 0.3) is 11.8 Å². The van der Waals surface area contributed by atoms with Crippen LogP contribution in [0.1, 0.15) is 27.8 Å². The fourth-order valence-corrected chi connectivity index (χ4v) is 2.00. The zero-order valence-corrected chi connectivity index (χ0v) is 12.3. The number of rotatable bonds is 6. The van der Waals surface area contributed by atoms with Gasteiger partial charge in [0.05, 0.1) is 12.9 Å². The number of nitrogens with one attached hydrogen (secondary N) is 1. The lowest BCUT2D eigenvalue weighted by Gasteiger charge is -2.19. The minimum Gasteiger partial charge on any atom is -0.459 e. The van der Waals surface area contributed by atoms with E-state index in [2.05, 4.69) is 5.32 Å². The van der Waals surface area contributed by atoms with Gasteiger partial charge >= 0.3 is 0 Å². The van der Waals surface area contributed by atoms with Crippen LogP contribution in [0.4, 0.5) is 5.69 Å². The van der Waals surface area contributed by atoms with E-state index in [-0.39, 0.29) is 24.2 Å². The first kappa shape index (κ1) is 15.8. The van der Waals surface area contributed by atoms with Crippen molar-refractivity contribution in [2.45, 2.75) is 6.92 Å². The van der Waals surface area contributed by atoms with E-state index in [0.29, 0.717) is 24.3 Å². The molecular weight excluding hydrogens is 284 g/mol. The molecule has 2 rings (SSSR count). The van der Waals surface area contributed by atoms with Gasteiger partial charge in [0.15, 0.2) is 5.76 Å². The third kappa shape index (κ3) is 3.73. The van der Waals surface area contributed by atoms with E-state index >= 15 is 0 Å². The van der Waals surface area contributed by atoms with Crippen molar-refractivity contribution in [3.63, 3.8) is 0 Å². The van der Waals surface area contributed by atoms with Crippen LogP contribution >= 0.6 is 0 Å². The minimum atomic E-state index is -0.348. The smallest absolute Gasteiger partial charge is 0.291 e. The Labute approximate surface area is 128 Å². The number of furan rings is 1. The quantitative estimate of drug-likeness (QED) is 0.855. The molecule has 0 atom stereocenters. The Balaban J connectivity index is 2.04. The summed E-state index contributed by atoms with van der Waals surface area (Å²) in [6.07, 6.45) is 1.43. The summed E-state index contributed by atoms with van der Waals surface area (Å²) in [7, 11) is 0. The summed E-state index contributed by atoms with van der Waals surface area (Å²) in [5.41, 5.74) is 1.08. The number of anilines is 1. The molecular formula is C16H18N2O4. The van der Waals surface area contributed by atoms with Crippen LogP contribution in [0, 0.1) is 0 Å². The summed E-state index contributed by atoms with van der Waals surface area (Å²) >= 11 is 0. The number of hydrogen-bond donors (Lipinski definition) is 2. The molecule has 2 amide bonds. The number of aliphatic hydroxyl groups excluding tert-OH is 1. The van der Waals surface area contributed by atoms with E-state index in [1.54, 1.807) is 41.3 Å². The minimum absolute atomic E-state index is 0.0726. The molecule has 116 valence electrons. The Hall–Kier alpha value is -2.60. The van der Waals surface area contributed by atoms with Crippen molar-refractivity contribution in [1.29, 1.82) is 0 Å². The largest absolute Gasteiger partial charge is 0.459 e. The predicted molar refractivity (Wildman–Crippen MR) is 81.8 cm³/mol. The van der Waals surface area contributed by atoms with E-state index in [1.807, 2.05) is 6.92 Å². The van der Waals surface area contributed by atoms with Gasteiger partial charge in [-0.1, -0.05) is 0 Å². The van der Waals surface area contributed by atoms with E-state index in [9.17, 15) is 9.59 Å². The van der Waals surface area contributed by atoms with Crippen LogP contribution < -0.4 is 5.32 Å². The number of nitrogens with zero attached hydrogens (tertiary/aromatic N) is 1. The number of carbonyl (C=O) groups excluding carboxylic acids is 2. The van der Waals surface area contributed by atoms with Crippen molar-refractivity contribution in [3.8, 4) is 0 Å². The van der Waals surface area contributed by atoms with Crippen LogP contribution in [0.3, 0.4) is 0 Å². The molecule has 1 aromatic carbocycles. The topological polar surface area (TPSA) is 82.8 Å². The number of carbonyl (C=O) groups is 2. The van der Waals surface area contributed by atoms with Gasteiger partial charge in [-0.2, -0.15) is 0 Å². The molecule has 1 heterocycles. The van der Waals surface area contributed by atoms with Crippen molar-refractivity contribution >= 4 is 17.5 Å². The molecule has 2 N–H and O–H groups in total. The highest BCUT2D eigenvalue weighted by molar-refractivity contribution is 6.02. The predicted octanol–water partition coefficient (Wildman–Crippen LogP) is 1.99. The first-order valence-corrected chi connectivity index (χ1v) is 7.00.